The Balaban J connectivity index is 2.14. The van der Waals surface area contributed by atoms with E-state index in [1.807, 2.05) is 6.07 Å². The maximum Gasteiger partial charge on any atom is 0.241 e. The van der Waals surface area contributed by atoms with Crippen molar-refractivity contribution < 1.29 is 21.9 Å². The first-order chi connectivity index (χ1) is 10.4. The summed E-state index contributed by atoms with van der Waals surface area (Å²) in [5.41, 5.74) is 1.62. The molecule has 0 aliphatic rings. The van der Waals surface area contributed by atoms with E-state index in [4.69, 9.17) is 4.74 Å². The van der Waals surface area contributed by atoms with Gasteiger partial charge in [0, 0.05) is 19.7 Å². The van der Waals surface area contributed by atoms with Gasteiger partial charge >= 0.3 is 0 Å². The third-order valence-electron chi connectivity index (χ3n) is 2.92. The molecule has 118 valence electrons. The third-order valence-corrected chi connectivity index (χ3v) is 4.30. The Labute approximate surface area is 127 Å². The highest BCUT2D eigenvalue weighted by Crippen LogP contribution is 2.14. The fourth-order valence-corrected chi connectivity index (χ4v) is 3.00. The molecule has 0 aliphatic heterocycles. The van der Waals surface area contributed by atoms with Crippen molar-refractivity contribution in [1.82, 2.24) is 4.72 Å². The van der Waals surface area contributed by atoms with Crippen LogP contribution in [0.4, 0.5) is 8.78 Å². The van der Waals surface area contributed by atoms with Gasteiger partial charge in [-0.3, -0.25) is 0 Å². The van der Waals surface area contributed by atoms with E-state index in [0.29, 0.717) is 12.7 Å². The Bertz CT molecular complexity index is 743. The maximum atomic E-state index is 13.1. The molecule has 0 saturated heterocycles. The summed E-state index contributed by atoms with van der Waals surface area (Å²) in [6.45, 7) is 0.424. The van der Waals surface area contributed by atoms with Gasteiger partial charge in [0.2, 0.25) is 10.0 Å². The first-order valence-electron chi connectivity index (χ1n) is 6.43. The zero-order chi connectivity index (χ0) is 16.2. The number of nitrogens with one attached hydrogen (secondary N) is 1. The Morgan fingerprint density at radius 3 is 2.32 bits per heavy atom. The molecule has 7 heteroatoms. The van der Waals surface area contributed by atoms with Crippen LogP contribution in [-0.4, -0.2) is 15.5 Å². The molecule has 0 atom stereocenters. The van der Waals surface area contributed by atoms with Gasteiger partial charge in [0.1, 0.15) is 11.6 Å². The van der Waals surface area contributed by atoms with Crippen LogP contribution in [0.3, 0.4) is 0 Å². The molecular formula is C15H15F2NO3S. The molecule has 2 aromatic rings. The third kappa shape index (κ3) is 4.33. The molecule has 2 aromatic carbocycles. The van der Waals surface area contributed by atoms with Crippen LogP contribution in [0.25, 0.3) is 0 Å². The summed E-state index contributed by atoms with van der Waals surface area (Å²) >= 11 is 0. The van der Waals surface area contributed by atoms with Crippen LogP contribution in [-0.2, 0) is 27.9 Å². The highest BCUT2D eigenvalue weighted by Gasteiger charge is 2.16. The van der Waals surface area contributed by atoms with E-state index in [0.717, 1.165) is 23.3 Å². The summed E-state index contributed by atoms with van der Waals surface area (Å²) in [4.78, 5) is -0.446. The highest BCUT2D eigenvalue weighted by molar-refractivity contribution is 7.89. The first kappa shape index (κ1) is 16.5. The number of hydrogen-bond acceptors (Lipinski definition) is 3. The topological polar surface area (TPSA) is 55.4 Å². The zero-order valence-electron chi connectivity index (χ0n) is 11.8. The van der Waals surface area contributed by atoms with Crippen molar-refractivity contribution in [1.29, 1.82) is 0 Å². The number of halogens is 2. The highest BCUT2D eigenvalue weighted by atomic mass is 32.2. The lowest BCUT2D eigenvalue weighted by molar-refractivity contribution is 0.185. The van der Waals surface area contributed by atoms with Crippen molar-refractivity contribution >= 4 is 10.0 Å². The zero-order valence-corrected chi connectivity index (χ0v) is 12.7. The second-order valence-electron chi connectivity index (χ2n) is 4.68. The van der Waals surface area contributed by atoms with E-state index < -0.39 is 26.6 Å². The average Bonchev–Trinajstić information content (AvgIpc) is 2.45. The van der Waals surface area contributed by atoms with Crippen LogP contribution >= 0.6 is 0 Å². The Morgan fingerprint density at radius 2 is 1.68 bits per heavy atom. The molecular weight excluding hydrogens is 312 g/mol. The van der Waals surface area contributed by atoms with Crippen molar-refractivity contribution in [3.8, 4) is 0 Å². The molecule has 2 rings (SSSR count). The lowest BCUT2D eigenvalue weighted by atomic mass is 10.1. The second-order valence-corrected chi connectivity index (χ2v) is 6.45. The number of rotatable bonds is 6. The Kier molecular flexibility index (Phi) is 5.23. The molecule has 0 fully saturated rings. The normalized spacial score (nSPS) is 11.6. The molecule has 0 heterocycles. The van der Waals surface area contributed by atoms with Crippen molar-refractivity contribution in [2.45, 2.75) is 18.0 Å². The number of hydrogen-bond donors (Lipinski definition) is 1. The van der Waals surface area contributed by atoms with Crippen LogP contribution in [0.5, 0.6) is 0 Å². The molecule has 0 radical (unpaired) electrons. The fourth-order valence-electron chi connectivity index (χ4n) is 1.94. The minimum atomic E-state index is -3.99. The molecule has 1 N–H and O–H groups in total. The quantitative estimate of drug-likeness (QED) is 0.887. The minimum Gasteiger partial charge on any atom is -0.380 e. The number of ether oxygens (including phenoxy) is 1. The first-order valence-corrected chi connectivity index (χ1v) is 7.91. The summed E-state index contributed by atoms with van der Waals surface area (Å²) in [6.07, 6.45) is 0. The predicted octanol–water partition coefficient (Wildman–Crippen LogP) is 2.59. The van der Waals surface area contributed by atoms with Gasteiger partial charge in [0.05, 0.1) is 11.5 Å². The van der Waals surface area contributed by atoms with E-state index in [1.54, 1.807) is 25.3 Å². The monoisotopic (exact) mass is 327 g/mol. The van der Waals surface area contributed by atoms with Crippen molar-refractivity contribution in [2.24, 2.45) is 0 Å². The van der Waals surface area contributed by atoms with Crippen LogP contribution in [0.2, 0.25) is 0 Å². The van der Waals surface area contributed by atoms with Gasteiger partial charge in [-0.1, -0.05) is 24.3 Å². The van der Waals surface area contributed by atoms with Crippen LogP contribution < -0.4 is 4.72 Å². The van der Waals surface area contributed by atoms with Gasteiger partial charge in [-0.05, 0) is 23.3 Å². The molecule has 4 nitrogen and oxygen atoms in total. The van der Waals surface area contributed by atoms with E-state index in [2.05, 4.69) is 4.72 Å². The Morgan fingerprint density at radius 1 is 1.05 bits per heavy atom. The van der Waals surface area contributed by atoms with E-state index in [9.17, 15) is 17.2 Å². The van der Waals surface area contributed by atoms with Crippen LogP contribution in [0.15, 0.2) is 47.4 Å². The smallest absolute Gasteiger partial charge is 0.241 e. The van der Waals surface area contributed by atoms with Gasteiger partial charge in [-0.2, -0.15) is 0 Å². The standard InChI is InChI=1S/C15H15F2NO3S/c1-21-10-12-4-2-3-11(5-12)9-18-22(19,20)15-7-13(16)6-14(17)8-15/h2-8,18H,9-10H2,1H3. The van der Waals surface area contributed by atoms with E-state index in [-0.39, 0.29) is 6.54 Å². The van der Waals surface area contributed by atoms with Gasteiger partial charge in [0.25, 0.3) is 0 Å². The molecule has 0 aliphatic carbocycles. The van der Waals surface area contributed by atoms with Gasteiger partial charge in [-0.15, -0.1) is 0 Å². The number of sulfonamides is 1. The summed E-state index contributed by atoms with van der Waals surface area (Å²) in [5.74, 6) is -1.88. The summed E-state index contributed by atoms with van der Waals surface area (Å²) in [7, 11) is -2.43. The van der Waals surface area contributed by atoms with E-state index >= 15 is 0 Å². The lowest BCUT2D eigenvalue weighted by Gasteiger charge is -2.08. The maximum absolute atomic E-state index is 13.1. The molecule has 0 amide bonds. The predicted molar refractivity (Wildman–Crippen MR) is 77.5 cm³/mol. The largest absolute Gasteiger partial charge is 0.380 e. The van der Waals surface area contributed by atoms with Gasteiger partial charge in [0.15, 0.2) is 0 Å². The van der Waals surface area contributed by atoms with E-state index in [1.165, 1.54) is 0 Å². The average molecular weight is 327 g/mol. The number of benzene rings is 2. The summed E-state index contributed by atoms with van der Waals surface area (Å²) in [5, 5.41) is 0. The number of methoxy groups -OCH3 is 1. The van der Waals surface area contributed by atoms with Gasteiger partial charge in [-0.25, -0.2) is 21.9 Å². The lowest BCUT2D eigenvalue weighted by Crippen LogP contribution is -2.23. The molecule has 0 aromatic heterocycles. The summed E-state index contributed by atoms with van der Waals surface area (Å²) < 4.78 is 57.6. The second kappa shape index (κ2) is 6.95. The molecule has 0 bridgehead atoms. The molecule has 22 heavy (non-hydrogen) atoms. The SMILES string of the molecule is COCc1cccc(CNS(=O)(=O)c2cc(F)cc(F)c2)c1. The molecule has 0 spiro atoms. The molecule has 0 saturated carbocycles. The minimum absolute atomic E-state index is 0.0119. The van der Waals surface area contributed by atoms with Gasteiger partial charge < -0.3 is 4.74 Å². The molecule has 0 unspecified atom stereocenters. The van der Waals surface area contributed by atoms with Crippen LogP contribution in [0, 0.1) is 11.6 Å². The summed E-state index contributed by atoms with van der Waals surface area (Å²) in [6, 6.07) is 9.32. The fraction of sp³-hybridized carbons (Fsp3) is 0.200. The van der Waals surface area contributed by atoms with Crippen molar-refractivity contribution in [2.75, 3.05) is 7.11 Å². The van der Waals surface area contributed by atoms with Crippen molar-refractivity contribution in [3.63, 3.8) is 0 Å². The van der Waals surface area contributed by atoms with Crippen LogP contribution in [0.1, 0.15) is 11.1 Å². The Hall–Kier alpha value is -1.83. The van der Waals surface area contributed by atoms with Crippen molar-refractivity contribution in [3.05, 3.63) is 65.2 Å².